The van der Waals surface area contributed by atoms with Gasteiger partial charge in [-0.15, -0.1) is 0 Å². The van der Waals surface area contributed by atoms with Crippen LogP contribution < -0.4 is 5.32 Å². The predicted molar refractivity (Wildman–Crippen MR) is 61.2 cm³/mol. The Kier molecular flexibility index (Phi) is 4.55. The summed E-state index contributed by atoms with van der Waals surface area (Å²) in [6.07, 6.45) is 2.24. The van der Waals surface area contributed by atoms with Crippen LogP contribution in [-0.2, 0) is 11.3 Å². The quantitative estimate of drug-likeness (QED) is 0.779. The summed E-state index contributed by atoms with van der Waals surface area (Å²) >= 11 is 0. The molecule has 0 aliphatic rings. The van der Waals surface area contributed by atoms with Gasteiger partial charge in [0.15, 0.2) is 0 Å². The van der Waals surface area contributed by atoms with Gasteiger partial charge in [0.05, 0.1) is 12.8 Å². The Morgan fingerprint density at radius 3 is 2.69 bits per heavy atom. The summed E-state index contributed by atoms with van der Waals surface area (Å²) in [4.78, 5) is 11.0. The van der Waals surface area contributed by atoms with E-state index in [-0.39, 0.29) is 0 Å². The van der Waals surface area contributed by atoms with E-state index in [1.54, 1.807) is 6.26 Å². The summed E-state index contributed by atoms with van der Waals surface area (Å²) in [7, 11) is 0. The molecule has 4 nitrogen and oxygen atoms in total. The SMILES string of the molecule is Cc1ccoc1CN[C@H](CC(C)C)C(=O)O. The van der Waals surface area contributed by atoms with Crippen molar-refractivity contribution in [2.45, 2.75) is 39.8 Å². The molecule has 1 aromatic rings. The van der Waals surface area contributed by atoms with E-state index in [9.17, 15) is 4.79 Å². The molecule has 0 aliphatic heterocycles. The lowest BCUT2D eigenvalue weighted by molar-refractivity contribution is -0.140. The number of hydrogen-bond acceptors (Lipinski definition) is 3. The van der Waals surface area contributed by atoms with Crippen LogP contribution in [0, 0.1) is 12.8 Å². The van der Waals surface area contributed by atoms with Crippen molar-refractivity contribution in [2.75, 3.05) is 0 Å². The minimum absolute atomic E-state index is 0.353. The lowest BCUT2D eigenvalue weighted by Crippen LogP contribution is -2.37. The van der Waals surface area contributed by atoms with Crippen molar-refractivity contribution in [3.05, 3.63) is 23.7 Å². The molecule has 1 atom stereocenters. The highest BCUT2D eigenvalue weighted by atomic mass is 16.4. The van der Waals surface area contributed by atoms with Gasteiger partial charge in [0.2, 0.25) is 0 Å². The third-order valence-corrected chi connectivity index (χ3v) is 2.48. The molecule has 4 heteroatoms. The molecule has 0 radical (unpaired) electrons. The number of carboxylic acids is 1. The maximum absolute atomic E-state index is 11.0. The van der Waals surface area contributed by atoms with Crippen molar-refractivity contribution < 1.29 is 14.3 Å². The molecule has 0 saturated carbocycles. The first-order chi connectivity index (χ1) is 7.50. The fourth-order valence-corrected chi connectivity index (χ4v) is 1.54. The van der Waals surface area contributed by atoms with E-state index < -0.39 is 12.0 Å². The fourth-order valence-electron chi connectivity index (χ4n) is 1.54. The third kappa shape index (κ3) is 3.70. The van der Waals surface area contributed by atoms with Gasteiger partial charge in [-0.3, -0.25) is 10.1 Å². The van der Waals surface area contributed by atoms with Crippen LogP contribution in [0.3, 0.4) is 0 Å². The van der Waals surface area contributed by atoms with E-state index in [2.05, 4.69) is 5.32 Å². The smallest absolute Gasteiger partial charge is 0.320 e. The first kappa shape index (κ1) is 12.8. The first-order valence-electron chi connectivity index (χ1n) is 5.50. The maximum atomic E-state index is 11.0. The second kappa shape index (κ2) is 5.70. The standard InChI is InChI=1S/C12H19NO3/c1-8(2)6-10(12(14)15)13-7-11-9(3)4-5-16-11/h4-5,8,10,13H,6-7H2,1-3H3,(H,14,15)/t10-/m1/s1. The zero-order valence-electron chi connectivity index (χ0n) is 9.99. The summed E-state index contributed by atoms with van der Waals surface area (Å²) in [6, 6.07) is 1.36. The van der Waals surface area contributed by atoms with Gasteiger partial charge in [0, 0.05) is 0 Å². The van der Waals surface area contributed by atoms with E-state index in [1.165, 1.54) is 0 Å². The number of aliphatic carboxylic acids is 1. The van der Waals surface area contributed by atoms with Gasteiger partial charge in [-0.2, -0.15) is 0 Å². The van der Waals surface area contributed by atoms with Gasteiger partial charge >= 0.3 is 5.97 Å². The van der Waals surface area contributed by atoms with Crippen LogP contribution >= 0.6 is 0 Å². The van der Waals surface area contributed by atoms with E-state index in [0.717, 1.165) is 11.3 Å². The second-order valence-corrected chi connectivity index (χ2v) is 4.43. The molecule has 0 amide bonds. The zero-order chi connectivity index (χ0) is 12.1. The molecule has 1 rings (SSSR count). The predicted octanol–water partition coefficient (Wildman–Crippen LogP) is 2.18. The summed E-state index contributed by atoms with van der Waals surface area (Å²) in [5, 5.41) is 12.0. The van der Waals surface area contributed by atoms with Gasteiger partial charge in [0.1, 0.15) is 11.8 Å². The molecule has 1 heterocycles. The summed E-state index contributed by atoms with van der Waals surface area (Å²) in [5.41, 5.74) is 1.04. The Labute approximate surface area is 95.7 Å². The fraction of sp³-hybridized carbons (Fsp3) is 0.583. The van der Waals surface area contributed by atoms with Crippen LogP contribution in [0.2, 0.25) is 0 Å². The maximum Gasteiger partial charge on any atom is 0.320 e. The van der Waals surface area contributed by atoms with Crippen LogP contribution in [-0.4, -0.2) is 17.1 Å². The van der Waals surface area contributed by atoms with Crippen molar-refractivity contribution >= 4 is 5.97 Å². The van der Waals surface area contributed by atoms with E-state index in [4.69, 9.17) is 9.52 Å². The zero-order valence-corrected chi connectivity index (χ0v) is 9.99. The lowest BCUT2D eigenvalue weighted by Gasteiger charge is -2.15. The number of carboxylic acid groups (broad SMARTS) is 1. The third-order valence-electron chi connectivity index (χ3n) is 2.48. The average Bonchev–Trinajstić information content (AvgIpc) is 2.57. The first-order valence-corrected chi connectivity index (χ1v) is 5.50. The Bertz CT molecular complexity index is 344. The van der Waals surface area contributed by atoms with Gasteiger partial charge in [-0.25, -0.2) is 0 Å². The molecular weight excluding hydrogens is 206 g/mol. The summed E-state index contributed by atoms with van der Waals surface area (Å²) in [6.45, 7) is 6.42. The molecule has 90 valence electrons. The normalized spacial score (nSPS) is 13.0. The van der Waals surface area contributed by atoms with Gasteiger partial charge < -0.3 is 9.52 Å². The molecule has 16 heavy (non-hydrogen) atoms. The van der Waals surface area contributed by atoms with Crippen LogP contribution in [0.5, 0.6) is 0 Å². The minimum atomic E-state index is -0.807. The van der Waals surface area contributed by atoms with Crippen molar-refractivity contribution in [1.82, 2.24) is 5.32 Å². The number of rotatable bonds is 6. The number of hydrogen-bond donors (Lipinski definition) is 2. The van der Waals surface area contributed by atoms with Crippen molar-refractivity contribution in [1.29, 1.82) is 0 Å². The van der Waals surface area contributed by atoms with Gasteiger partial charge in [0.25, 0.3) is 0 Å². The minimum Gasteiger partial charge on any atom is -0.480 e. The van der Waals surface area contributed by atoms with Crippen LogP contribution in [0.15, 0.2) is 16.7 Å². The number of aryl methyl sites for hydroxylation is 1. The Morgan fingerprint density at radius 2 is 2.25 bits per heavy atom. The average molecular weight is 225 g/mol. The van der Waals surface area contributed by atoms with E-state index >= 15 is 0 Å². The lowest BCUT2D eigenvalue weighted by atomic mass is 10.0. The van der Waals surface area contributed by atoms with Crippen LogP contribution in [0.4, 0.5) is 0 Å². The molecule has 1 aromatic heterocycles. The van der Waals surface area contributed by atoms with E-state index in [1.807, 2.05) is 26.8 Å². The highest BCUT2D eigenvalue weighted by Gasteiger charge is 2.18. The summed E-state index contributed by atoms with van der Waals surface area (Å²) in [5.74, 6) is 0.346. The van der Waals surface area contributed by atoms with Crippen molar-refractivity contribution in [3.8, 4) is 0 Å². The largest absolute Gasteiger partial charge is 0.480 e. The Balaban J connectivity index is 2.50. The van der Waals surface area contributed by atoms with Crippen LogP contribution in [0.25, 0.3) is 0 Å². The van der Waals surface area contributed by atoms with E-state index in [0.29, 0.717) is 18.9 Å². The number of furan rings is 1. The molecule has 0 spiro atoms. The summed E-state index contributed by atoms with van der Waals surface area (Å²) < 4.78 is 5.24. The molecule has 0 aliphatic carbocycles. The Hall–Kier alpha value is -1.29. The monoisotopic (exact) mass is 225 g/mol. The molecule has 2 N–H and O–H groups in total. The number of nitrogens with one attached hydrogen (secondary N) is 1. The highest BCUT2D eigenvalue weighted by molar-refractivity contribution is 5.73. The topological polar surface area (TPSA) is 62.5 Å². The molecule has 0 aromatic carbocycles. The van der Waals surface area contributed by atoms with Crippen LogP contribution in [0.1, 0.15) is 31.6 Å². The van der Waals surface area contributed by atoms with Crippen molar-refractivity contribution in [3.63, 3.8) is 0 Å². The molecule has 0 saturated heterocycles. The second-order valence-electron chi connectivity index (χ2n) is 4.43. The molecule has 0 bridgehead atoms. The van der Waals surface area contributed by atoms with Gasteiger partial charge in [-0.1, -0.05) is 13.8 Å². The molecule has 0 fully saturated rings. The molecular formula is C12H19NO3. The Morgan fingerprint density at radius 1 is 1.56 bits per heavy atom. The number of carbonyl (C=O) groups is 1. The van der Waals surface area contributed by atoms with Gasteiger partial charge in [-0.05, 0) is 30.9 Å². The van der Waals surface area contributed by atoms with Crippen molar-refractivity contribution in [2.24, 2.45) is 5.92 Å². The molecule has 0 unspecified atom stereocenters. The highest BCUT2D eigenvalue weighted by Crippen LogP contribution is 2.10.